The molecule has 0 aliphatic heterocycles. The fourth-order valence-electron chi connectivity index (χ4n) is 2.52. The Kier molecular flexibility index (Phi) is 7.89. The van der Waals surface area contributed by atoms with E-state index < -0.39 is 0 Å². The van der Waals surface area contributed by atoms with Crippen molar-refractivity contribution < 1.29 is 14.2 Å². The van der Waals surface area contributed by atoms with Gasteiger partial charge in [-0.05, 0) is 43.1 Å². The number of rotatable bonds is 10. The van der Waals surface area contributed by atoms with E-state index in [1.165, 1.54) is 5.56 Å². The Hall–Kier alpha value is -1.91. The Bertz CT molecular complexity index is 659. The van der Waals surface area contributed by atoms with Crippen LogP contribution in [0.1, 0.15) is 24.5 Å². The Labute approximate surface area is 155 Å². The number of methoxy groups -OCH3 is 2. The maximum atomic E-state index is 6.20. The third-order valence-electron chi connectivity index (χ3n) is 3.83. The van der Waals surface area contributed by atoms with E-state index in [1.54, 1.807) is 20.3 Å². The van der Waals surface area contributed by atoms with Crippen LogP contribution in [0, 0.1) is 0 Å². The second-order valence-electron chi connectivity index (χ2n) is 5.72. The summed E-state index contributed by atoms with van der Waals surface area (Å²) in [6, 6.07) is 11.8. The van der Waals surface area contributed by atoms with E-state index >= 15 is 0 Å². The molecule has 5 heteroatoms. The first-order chi connectivity index (χ1) is 12.2. The minimum atomic E-state index is 0.646. The zero-order valence-corrected chi connectivity index (χ0v) is 15.9. The highest BCUT2D eigenvalue weighted by molar-refractivity contribution is 6.30. The summed E-state index contributed by atoms with van der Waals surface area (Å²) >= 11 is 6.20. The first-order valence-corrected chi connectivity index (χ1v) is 8.88. The summed E-state index contributed by atoms with van der Waals surface area (Å²) in [7, 11) is 3.30. The van der Waals surface area contributed by atoms with Crippen LogP contribution in [0.25, 0.3) is 0 Å². The molecule has 0 amide bonds. The van der Waals surface area contributed by atoms with Crippen molar-refractivity contribution in [2.45, 2.75) is 26.3 Å². The maximum Gasteiger partial charge on any atom is 0.165 e. The van der Waals surface area contributed by atoms with Gasteiger partial charge in [0.1, 0.15) is 5.75 Å². The average Bonchev–Trinajstić information content (AvgIpc) is 2.64. The molecule has 0 saturated heterocycles. The van der Waals surface area contributed by atoms with Gasteiger partial charge in [-0.15, -0.1) is 0 Å². The lowest BCUT2D eigenvalue weighted by atomic mass is 10.1. The van der Waals surface area contributed by atoms with Crippen molar-refractivity contribution in [1.29, 1.82) is 0 Å². The summed E-state index contributed by atoms with van der Waals surface area (Å²) in [6.45, 7) is 4.26. The fourth-order valence-corrected chi connectivity index (χ4v) is 2.75. The van der Waals surface area contributed by atoms with Crippen LogP contribution >= 0.6 is 11.6 Å². The van der Waals surface area contributed by atoms with Gasteiger partial charge in [0.15, 0.2) is 11.5 Å². The second kappa shape index (κ2) is 10.2. The first kappa shape index (κ1) is 19.4. The standard InChI is InChI=1S/C20H26ClNO3/c1-4-11-25-20-16(12-17(21)13-19(20)24-3)14-22-10-9-15-5-7-18(23-2)8-6-15/h5-8,12-13,22H,4,9-11,14H2,1-3H3. The van der Waals surface area contributed by atoms with Crippen molar-refractivity contribution in [3.63, 3.8) is 0 Å². The number of hydrogen-bond donors (Lipinski definition) is 1. The van der Waals surface area contributed by atoms with Gasteiger partial charge in [0.05, 0.1) is 20.8 Å². The van der Waals surface area contributed by atoms with E-state index in [4.69, 9.17) is 25.8 Å². The first-order valence-electron chi connectivity index (χ1n) is 8.50. The molecule has 136 valence electrons. The van der Waals surface area contributed by atoms with Crippen LogP contribution in [0.3, 0.4) is 0 Å². The van der Waals surface area contributed by atoms with Crippen molar-refractivity contribution in [2.75, 3.05) is 27.4 Å². The molecule has 0 heterocycles. The van der Waals surface area contributed by atoms with Crippen LogP contribution < -0.4 is 19.5 Å². The molecule has 0 bridgehead atoms. The second-order valence-corrected chi connectivity index (χ2v) is 6.16. The Balaban J connectivity index is 1.95. The number of halogens is 1. The lowest BCUT2D eigenvalue weighted by Gasteiger charge is -2.16. The summed E-state index contributed by atoms with van der Waals surface area (Å²) in [5.41, 5.74) is 2.27. The van der Waals surface area contributed by atoms with Crippen LogP contribution in [-0.4, -0.2) is 27.4 Å². The highest BCUT2D eigenvalue weighted by Gasteiger charge is 2.12. The third-order valence-corrected chi connectivity index (χ3v) is 4.05. The summed E-state index contributed by atoms with van der Waals surface area (Å²) < 4.78 is 16.5. The van der Waals surface area contributed by atoms with Crippen LogP contribution in [0.15, 0.2) is 36.4 Å². The predicted octanol–water partition coefficient (Wildman–Crippen LogP) is 4.48. The number of hydrogen-bond acceptors (Lipinski definition) is 4. The fraction of sp³-hybridized carbons (Fsp3) is 0.400. The topological polar surface area (TPSA) is 39.7 Å². The van der Waals surface area contributed by atoms with Crippen LogP contribution in [0.5, 0.6) is 17.2 Å². The zero-order chi connectivity index (χ0) is 18.1. The van der Waals surface area contributed by atoms with Crippen LogP contribution in [0.2, 0.25) is 5.02 Å². The van der Waals surface area contributed by atoms with E-state index in [1.807, 2.05) is 18.2 Å². The molecule has 0 atom stereocenters. The van der Waals surface area contributed by atoms with Crippen LogP contribution in [-0.2, 0) is 13.0 Å². The minimum Gasteiger partial charge on any atom is -0.497 e. The summed E-state index contributed by atoms with van der Waals surface area (Å²) in [4.78, 5) is 0. The van der Waals surface area contributed by atoms with Gasteiger partial charge in [0.25, 0.3) is 0 Å². The normalized spacial score (nSPS) is 10.6. The molecular formula is C20H26ClNO3. The van der Waals surface area contributed by atoms with Crippen molar-refractivity contribution in [3.05, 3.63) is 52.5 Å². The molecule has 0 fully saturated rings. The average molecular weight is 364 g/mol. The van der Waals surface area contributed by atoms with Crippen molar-refractivity contribution in [1.82, 2.24) is 5.32 Å². The van der Waals surface area contributed by atoms with Gasteiger partial charge < -0.3 is 19.5 Å². The monoisotopic (exact) mass is 363 g/mol. The van der Waals surface area contributed by atoms with E-state index in [-0.39, 0.29) is 0 Å². The molecule has 25 heavy (non-hydrogen) atoms. The van der Waals surface area contributed by atoms with Gasteiger partial charge in [-0.1, -0.05) is 30.7 Å². The molecule has 0 aliphatic carbocycles. The quantitative estimate of drug-likeness (QED) is 0.632. The smallest absolute Gasteiger partial charge is 0.165 e. The highest BCUT2D eigenvalue weighted by Crippen LogP contribution is 2.34. The van der Waals surface area contributed by atoms with Gasteiger partial charge in [-0.3, -0.25) is 0 Å². The molecule has 0 saturated carbocycles. The molecular weight excluding hydrogens is 338 g/mol. The molecule has 0 aromatic heterocycles. The summed E-state index contributed by atoms with van der Waals surface area (Å²) in [6.07, 6.45) is 1.88. The SMILES string of the molecule is CCCOc1c(CNCCc2ccc(OC)cc2)cc(Cl)cc1OC. The van der Waals surface area contributed by atoms with E-state index in [2.05, 4.69) is 24.4 Å². The van der Waals surface area contributed by atoms with Gasteiger partial charge in [0.2, 0.25) is 0 Å². The Morgan fingerprint density at radius 2 is 1.80 bits per heavy atom. The molecule has 0 radical (unpaired) electrons. The summed E-state index contributed by atoms with van der Waals surface area (Å²) in [5.74, 6) is 2.32. The van der Waals surface area contributed by atoms with Crippen molar-refractivity contribution >= 4 is 11.6 Å². The van der Waals surface area contributed by atoms with Gasteiger partial charge in [-0.2, -0.15) is 0 Å². The lowest BCUT2D eigenvalue weighted by Crippen LogP contribution is -2.17. The molecule has 2 rings (SSSR count). The lowest BCUT2D eigenvalue weighted by molar-refractivity contribution is 0.290. The van der Waals surface area contributed by atoms with Gasteiger partial charge in [-0.25, -0.2) is 0 Å². The third kappa shape index (κ3) is 5.83. The van der Waals surface area contributed by atoms with E-state index in [0.29, 0.717) is 23.9 Å². The molecule has 0 aliphatic rings. The van der Waals surface area contributed by atoms with Crippen molar-refractivity contribution in [2.24, 2.45) is 0 Å². The number of benzene rings is 2. The summed E-state index contributed by atoms with van der Waals surface area (Å²) in [5, 5.41) is 4.09. The maximum absolute atomic E-state index is 6.20. The van der Waals surface area contributed by atoms with E-state index in [0.717, 1.165) is 36.4 Å². The number of ether oxygens (including phenoxy) is 3. The predicted molar refractivity (Wildman–Crippen MR) is 102 cm³/mol. The molecule has 4 nitrogen and oxygen atoms in total. The molecule has 1 N–H and O–H groups in total. The number of nitrogens with one attached hydrogen (secondary N) is 1. The Morgan fingerprint density at radius 1 is 1.04 bits per heavy atom. The zero-order valence-electron chi connectivity index (χ0n) is 15.1. The molecule has 2 aromatic rings. The largest absolute Gasteiger partial charge is 0.497 e. The molecule has 0 spiro atoms. The van der Waals surface area contributed by atoms with Gasteiger partial charge in [0, 0.05) is 23.2 Å². The van der Waals surface area contributed by atoms with Gasteiger partial charge >= 0.3 is 0 Å². The minimum absolute atomic E-state index is 0.646. The highest BCUT2D eigenvalue weighted by atomic mass is 35.5. The van der Waals surface area contributed by atoms with Crippen LogP contribution in [0.4, 0.5) is 0 Å². The Morgan fingerprint density at radius 3 is 2.44 bits per heavy atom. The van der Waals surface area contributed by atoms with E-state index in [9.17, 15) is 0 Å². The molecule has 2 aromatic carbocycles. The van der Waals surface area contributed by atoms with Crippen molar-refractivity contribution in [3.8, 4) is 17.2 Å². The molecule has 0 unspecified atom stereocenters.